The van der Waals surface area contributed by atoms with Crippen LogP contribution in [-0.4, -0.2) is 0 Å². The lowest BCUT2D eigenvalue weighted by Crippen LogP contribution is -2.09. The standard InChI is InChI=1S/C120H72N2O5S/c1-6-33-104-99(23-1)114-90(27-14-37-108(114)123-104)75-46-59-86(60-47-75)121(85-57-44-74(45-58-85)80-19-12-21-83(71-80)93-30-17-39-110-116(93)101-25-3-8-35-106(101)125-110)88-63-50-77(51-64-88)92-29-16-40-111-117(92)103-32-13-31-97(119(103)127-111)98-69-68-94(118-102-26-4-9-36-107(102)126-120(98)118)78-52-65-89(66-53-78)122(87-61-48-76(49-62-87)91-28-15-38-109-115(91)100-24-2-7-34-105(100)124-109)84-55-42-73(43-56-84)79-18-11-20-81(70-79)82-54-67-96-95-22-5-10-41-112(95)128-113(96)72-82/h1-72H. The van der Waals surface area contributed by atoms with Crippen LogP contribution in [0.5, 0.6) is 0 Å². The molecule has 20 aromatic carbocycles. The van der Waals surface area contributed by atoms with Crippen LogP contribution in [0.25, 0.3) is 230 Å². The molecule has 0 saturated carbocycles. The van der Waals surface area contributed by atoms with E-state index in [1.165, 1.54) is 31.3 Å². The number of rotatable bonds is 15. The highest BCUT2D eigenvalue weighted by Gasteiger charge is 2.26. The summed E-state index contributed by atoms with van der Waals surface area (Å²) in [5, 5.41) is 13.4. The summed E-state index contributed by atoms with van der Waals surface area (Å²) >= 11 is 1.85. The van der Waals surface area contributed by atoms with E-state index in [4.69, 9.17) is 22.1 Å². The van der Waals surface area contributed by atoms with E-state index >= 15 is 0 Å². The minimum atomic E-state index is 0.791. The predicted molar refractivity (Wildman–Crippen MR) is 534 cm³/mol. The second-order valence-corrected chi connectivity index (χ2v) is 34.3. The Hall–Kier alpha value is -16.8. The zero-order chi connectivity index (χ0) is 84.0. The van der Waals surface area contributed by atoms with Crippen LogP contribution in [-0.2, 0) is 0 Å². The molecule has 0 aliphatic heterocycles. The number of thiophene rings is 1. The van der Waals surface area contributed by atoms with Gasteiger partial charge in [0, 0.05) is 119 Å². The van der Waals surface area contributed by atoms with Crippen LogP contribution < -0.4 is 9.80 Å². The molecule has 6 heterocycles. The molecule has 0 amide bonds. The van der Waals surface area contributed by atoms with Gasteiger partial charge in [-0.05, 0) is 241 Å². The molecular weight excluding hydrogens is 1580 g/mol. The van der Waals surface area contributed by atoms with E-state index in [2.05, 4.69) is 410 Å². The van der Waals surface area contributed by atoms with Gasteiger partial charge in [-0.2, -0.15) is 0 Å². The molecule has 0 spiro atoms. The fourth-order valence-corrected chi connectivity index (χ4v) is 21.1. The number of anilines is 6. The largest absolute Gasteiger partial charge is 0.456 e. The summed E-state index contributed by atoms with van der Waals surface area (Å²) in [6.45, 7) is 0. The number of furan rings is 5. The van der Waals surface area contributed by atoms with Crippen LogP contribution in [0.1, 0.15) is 0 Å². The summed E-state index contributed by atoms with van der Waals surface area (Å²) in [6.07, 6.45) is 0. The number of nitrogens with zero attached hydrogens (tertiary/aromatic N) is 2. The summed E-state index contributed by atoms with van der Waals surface area (Å²) in [7, 11) is 0. The molecule has 26 rings (SSSR count). The van der Waals surface area contributed by atoms with E-state index in [0.29, 0.717) is 0 Å². The van der Waals surface area contributed by atoms with E-state index in [1.54, 1.807) is 0 Å². The molecule has 7 nitrogen and oxygen atoms in total. The Balaban J connectivity index is 0.538. The van der Waals surface area contributed by atoms with Crippen LogP contribution in [0, 0.1) is 0 Å². The Labute approximate surface area is 738 Å². The van der Waals surface area contributed by atoms with Crippen molar-refractivity contribution in [3.8, 4) is 100 Å². The second kappa shape index (κ2) is 29.5. The molecule has 128 heavy (non-hydrogen) atoms. The van der Waals surface area contributed by atoms with Crippen molar-refractivity contribution >= 4 is 175 Å². The van der Waals surface area contributed by atoms with Crippen molar-refractivity contribution in [2.75, 3.05) is 9.80 Å². The number of fused-ring (bicyclic) bond motifs is 18. The van der Waals surface area contributed by atoms with Crippen molar-refractivity contribution in [2.45, 2.75) is 0 Å². The SMILES string of the molecule is c1cc(-c2ccc(N(c3ccc(-c4cccc5oc6ccccc6c45)cc3)c3ccc(-c4ccc(-c5cccc6c5oc5cccc(-c7ccc(N(c8ccc(-c9cccc(-c%10cccc%11oc%12ccccc%12c%10%11)c9)cc8)c8ccc(-c9cccc%10oc%11ccccc%11c9%10)cc8)cc7)c56)c5oc6ccccc6c45)cc3)cc2)cc(-c2ccc3c(c2)sc2ccccc23)c1. The van der Waals surface area contributed by atoms with Crippen LogP contribution in [0.3, 0.4) is 0 Å². The van der Waals surface area contributed by atoms with E-state index in [1.807, 2.05) is 47.7 Å². The molecule has 0 radical (unpaired) electrons. The molecule has 8 heteroatoms. The summed E-state index contributed by atoms with van der Waals surface area (Å²) in [6, 6.07) is 157. The van der Waals surface area contributed by atoms with E-state index in [0.717, 1.165) is 233 Å². The van der Waals surface area contributed by atoms with Crippen LogP contribution >= 0.6 is 11.3 Å². The Bertz CT molecular complexity index is 8930. The van der Waals surface area contributed by atoms with Gasteiger partial charge in [-0.3, -0.25) is 0 Å². The second-order valence-electron chi connectivity index (χ2n) is 33.2. The molecule has 0 bridgehead atoms. The van der Waals surface area contributed by atoms with Gasteiger partial charge in [0.05, 0.1) is 0 Å². The fourth-order valence-electron chi connectivity index (χ4n) is 19.9. The molecule has 26 aromatic rings. The first-order chi connectivity index (χ1) is 63.4. The van der Waals surface area contributed by atoms with Crippen LogP contribution in [0.15, 0.2) is 459 Å². The maximum Gasteiger partial charge on any atom is 0.144 e. The Morgan fingerprint density at radius 1 is 0.148 bits per heavy atom. The summed E-state index contributed by atoms with van der Waals surface area (Å²) in [5.74, 6) is 0. The van der Waals surface area contributed by atoms with Crippen molar-refractivity contribution in [1.82, 2.24) is 0 Å². The minimum absolute atomic E-state index is 0.791. The van der Waals surface area contributed by atoms with Gasteiger partial charge >= 0.3 is 0 Å². The van der Waals surface area contributed by atoms with Crippen molar-refractivity contribution in [3.05, 3.63) is 437 Å². The van der Waals surface area contributed by atoms with E-state index < -0.39 is 0 Å². The molecule has 0 saturated heterocycles. The summed E-state index contributed by atoms with van der Waals surface area (Å²) < 4.78 is 36.0. The highest BCUT2D eigenvalue weighted by Crippen LogP contribution is 2.51. The number of benzene rings is 20. The monoisotopic (exact) mass is 1650 g/mol. The van der Waals surface area contributed by atoms with Crippen LogP contribution in [0.2, 0.25) is 0 Å². The number of hydrogen-bond donors (Lipinski definition) is 0. The topological polar surface area (TPSA) is 72.2 Å². The lowest BCUT2D eigenvalue weighted by molar-refractivity contribution is 0.665. The molecule has 598 valence electrons. The van der Waals surface area contributed by atoms with Gasteiger partial charge in [-0.15, -0.1) is 11.3 Å². The van der Waals surface area contributed by atoms with Crippen LogP contribution in [0.4, 0.5) is 34.1 Å². The first kappa shape index (κ1) is 72.8. The van der Waals surface area contributed by atoms with Gasteiger partial charge in [-0.1, -0.05) is 285 Å². The van der Waals surface area contributed by atoms with Crippen molar-refractivity contribution in [1.29, 1.82) is 0 Å². The van der Waals surface area contributed by atoms with Gasteiger partial charge in [0.1, 0.15) is 55.8 Å². The summed E-state index contributed by atoms with van der Waals surface area (Å²) in [4.78, 5) is 4.71. The average molecular weight is 1650 g/mol. The lowest BCUT2D eigenvalue weighted by atomic mass is 9.93. The molecule has 6 aromatic heterocycles. The van der Waals surface area contributed by atoms with Crippen molar-refractivity contribution in [3.63, 3.8) is 0 Å². The van der Waals surface area contributed by atoms with Gasteiger partial charge in [-0.25, -0.2) is 0 Å². The Morgan fingerprint density at radius 3 is 0.883 bits per heavy atom. The van der Waals surface area contributed by atoms with Crippen molar-refractivity contribution < 1.29 is 22.1 Å². The zero-order valence-corrected chi connectivity index (χ0v) is 69.7. The molecule has 0 unspecified atom stereocenters. The smallest absolute Gasteiger partial charge is 0.144 e. The predicted octanol–water partition coefficient (Wildman–Crippen LogP) is 35.5. The normalized spacial score (nSPS) is 11.9. The lowest BCUT2D eigenvalue weighted by Gasteiger charge is -2.26. The van der Waals surface area contributed by atoms with Gasteiger partial charge in [0.2, 0.25) is 0 Å². The third-order valence-corrected chi connectivity index (χ3v) is 27.1. The quantitative estimate of drug-likeness (QED) is 0.101. The van der Waals surface area contributed by atoms with Gasteiger partial charge in [0.15, 0.2) is 0 Å². The molecule has 0 aliphatic carbocycles. The summed E-state index contributed by atoms with van der Waals surface area (Å²) in [5.41, 5.74) is 34.4. The third-order valence-electron chi connectivity index (χ3n) is 26.0. The first-order valence-corrected chi connectivity index (χ1v) is 44.2. The number of para-hydroxylation sites is 5. The number of hydrogen-bond acceptors (Lipinski definition) is 8. The van der Waals surface area contributed by atoms with E-state index in [9.17, 15) is 0 Å². The van der Waals surface area contributed by atoms with E-state index in [-0.39, 0.29) is 0 Å². The van der Waals surface area contributed by atoms with Gasteiger partial charge < -0.3 is 31.9 Å². The molecule has 0 N–H and O–H groups in total. The molecule has 0 atom stereocenters. The third kappa shape index (κ3) is 12.0. The zero-order valence-electron chi connectivity index (χ0n) is 68.9. The van der Waals surface area contributed by atoms with Crippen molar-refractivity contribution in [2.24, 2.45) is 0 Å². The Morgan fingerprint density at radius 2 is 0.422 bits per heavy atom. The van der Waals surface area contributed by atoms with Gasteiger partial charge in [0.25, 0.3) is 0 Å². The Kier molecular flexibility index (Phi) is 16.8. The highest BCUT2D eigenvalue weighted by atomic mass is 32.1. The molecule has 0 aliphatic rings. The fraction of sp³-hybridized carbons (Fsp3) is 0. The maximum atomic E-state index is 7.17. The minimum Gasteiger partial charge on any atom is -0.456 e. The molecule has 0 fully saturated rings. The average Bonchev–Trinajstić information content (AvgIpc) is 1.47. The maximum absolute atomic E-state index is 7.17. The highest BCUT2D eigenvalue weighted by molar-refractivity contribution is 7.25. The first-order valence-electron chi connectivity index (χ1n) is 43.4. The molecular formula is C120H72N2O5S.